The predicted octanol–water partition coefficient (Wildman–Crippen LogP) is 8.31. The molecule has 0 aromatic carbocycles. The summed E-state index contributed by atoms with van der Waals surface area (Å²) in [5, 5.41) is 0.181. The second kappa shape index (κ2) is 7.81. The lowest BCUT2D eigenvalue weighted by Crippen LogP contribution is -2.48. The molecule has 0 unspecified atom stereocenters. The van der Waals surface area contributed by atoms with Crippen molar-refractivity contribution in [2.24, 2.45) is 11.3 Å². The maximum absolute atomic E-state index is 7.01. The van der Waals surface area contributed by atoms with Gasteiger partial charge < -0.3 is 9.16 Å². The molecule has 4 heteroatoms. The summed E-state index contributed by atoms with van der Waals surface area (Å²) in [6, 6.07) is 0. The summed E-state index contributed by atoms with van der Waals surface area (Å²) in [4.78, 5) is 0. The van der Waals surface area contributed by atoms with E-state index in [-0.39, 0.29) is 22.2 Å². The highest BCUT2D eigenvalue weighted by Crippen LogP contribution is 2.56. The first-order valence-electron chi connectivity index (χ1n) is 11.3. The van der Waals surface area contributed by atoms with E-state index in [9.17, 15) is 0 Å². The Hall–Kier alpha value is -0.0731. The van der Waals surface area contributed by atoms with E-state index in [4.69, 9.17) is 9.16 Å². The molecule has 4 atom stereocenters. The van der Waals surface area contributed by atoms with E-state index in [2.05, 4.69) is 96.3 Å². The quantitative estimate of drug-likeness (QED) is 0.204. The van der Waals surface area contributed by atoms with Gasteiger partial charge in [0, 0.05) is 14.6 Å². The zero-order chi connectivity index (χ0) is 21.8. The lowest BCUT2D eigenvalue weighted by Gasteiger charge is -2.50. The van der Waals surface area contributed by atoms with Crippen molar-refractivity contribution in [1.29, 1.82) is 0 Å². The Balaban J connectivity index is 2.17. The van der Waals surface area contributed by atoms with Crippen molar-refractivity contribution in [1.82, 2.24) is 0 Å². The highest BCUT2D eigenvalue weighted by molar-refractivity contribution is 14.1. The number of rotatable bonds is 2. The number of fused-ring (bicyclic) bond motifs is 1. The van der Waals surface area contributed by atoms with Crippen molar-refractivity contribution in [3.8, 4) is 0 Å². The molecule has 0 aromatic heterocycles. The molecule has 2 aliphatic carbocycles. The van der Waals surface area contributed by atoms with Gasteiger partial charge in [0.1, 0.15) is 5.76 Å². The molecule has 5 aliphatic rings. The number of hydrogen-bond donors (Lipinski definition) is 0. The van der Waals surface area contributed by atoms with E-state index >= 15 is 0 Å². The van der Waals surface area contributed by atoms with Gasteiger partial charge in [0.25, 0.3) is 0 Å². The van der Waals surface area contributed by atoms with Crippen molar-refractivity contribution in [2.75, 3.05) is 0 Å². The van der Waals surface area contributed by atoms with Crippen LogP contribution in [0.3, 0.4) is 0 Å². The Morgan fingerprint density at radius 3 is 2.48 bits per heavy atom. The molecule has 0 fully saturated rings. The Bertz CT molecular complexity index is 757. The van der Waals surface area contributed by atoms with E-state index in [1.165, 1.54) is 27.6 Å². The molecule has 0 radical (unpaired) electrons. The average molecular weight is 529 g/mol. The molecular weight excluding hydrogens is 487 g/mol. The summed E-state index contributed by atoms with van der Waals surface area (Å²) in [6.45, 7) is 21.2. The van der Waals surface area contributed by atoms with Gasteiger partial charge in [-0.1, -0.05) is 46.3 Å². The third kappa shape index (κ3) is 4.45. The van der Waals surface area contributed by atoms with Crippen molar-refractivity contribution in [3.63, 3.8) is 0 Å². The highest BCUT2D eigenvalue weighted by atomic mass is 127. The van der Waals surface area contributed by atoms with E-state index in [1.54, 1.807) is 0 Å². The molecule has 0 saturated heterocycles. The van der Waals surface area contributed by atoms with Gasteiger partial charge in [-0.2, -0.15) is 0 Å². The van der Waals surface area contributed by atoms with E-state index in [0.29, 0.717) is 5.92 Å². The standard InChI is InChI=1S/C25H41IO2Si/c1-17-11-10-13-24(6)16-20(28-29(8,9)23(3,4)5)21-19(27-24)15-18(2)25(7,14-12-17)22(21)26/h11,16,18-19H,10,12-15H2,1-9H3/b17-11+/t18-,19-,24+,25+/m1/s1. The van der Waals surface area contributed by atoms with Gasteiger partial charge in [-0.15, -0.1) is 0 Å². The van der Waals surface area contributed by atoms with Crippen LogP contribution in [0.5, 0.6) is 0 Å². The summed E-state index contributed by atoms with van der Waals surface area (Å²) >= 11 is 2.64. The zero-order valence-electron chi connectivity index (χ0n) is 20.0. The minimum absolute atomic E-state index is 0.157. The molecule has 29 heavy (non-hydrogen) atoms. The van der Waals surface area contributed by atoms with Gasteiger partial charge >= 0.3 is 0 Å². The summed E-state index contributed by atoms with van der Waals surface area (Å²) in [7, 11) is -1.94. The Kier molecular flexibility index (Phi) is 6.35. The molecule has 0 saturated carbocycles. The summed E-state index contributed by atoms with van der Waals surface area (Å²) in [6.07, 6.45) is 10.5. The van der Waals surface area contributed by atoms with Crippen LogP contribution in [0, 0.1) is 11.3 Å². The molecule has 0 N–H and O–H groups in total. The molecule has 2 nitrogen and oxygen atoms in total. The Morgan fingerprint density at radius 2 is 1.86 bits per heavy atom. The zero-order valence-corrected chi connectivity index (χ0v) is 23.2. The summed E-state index contributed by atoms with van der Waals surface area (Å²) in [5.74, 6) is 1.74. The molecule has 3 heterocycles. The lowest BCUT2D eigenvalue weighted by molar-refractivity contribution is -0.0705. The van der Waals surface area contributed by atoms with Gasteiger partial charge in [0.15, 0.2) is 0 Å². The second-order valence-corrected chi connectivity index (χ2v) is 17.5. The fraction of sp³-hybridized carbons (Fsp3) is 0.760. The van der Waals surface area contributed by atoms with Crippen LogP contribution in [0.15, 0.2) is 32.6 Å². The van der Waals surface area contributed by atoms with Crippen LogP contribution < -0.4 is 0 Å². The van der Waals surface area contributed by atoms with Crippen LogP contribution >= 0.6 is 22.6 Å². The van der Waals surface area contributed by atoms with Gasteiger partial charge in [0.2, 0.25) is 8.32 Å². The van der Waals surface area contributed by atoms with Gasteiger partial charge in [-0.3, -0.25) is 0 Å². The molecular formula is C25H41IO2Si. The maximum atomic E-state index is 7.01. The average Bonchev–Trinajstić information content (AvgIpc) is 2.55. The second-order valence-electron chi connectivity index (χ2n) is 11.7. The Morgan fingerprint density at radius 1 is 1.21 bits per heavy atom. The predicted molar refractivity (Wildman–Crippen MR) is 135 cm³/mol. The van der Waals surface area contributed by atoms with E-state index < -0.39 is 8.32 Å². The molecule has 0 amide bonds. The van der Waals surface area contributed by atoms with Crippen LogP contribution in [0.2, 0.25) is 18.1 Å². The number of hydrogen-bond acceptors (Lipinski definition) is 2. The van der Waals surface area contributed by atoms with Gasteiger partial charge in [-0.05, 0) is 98.7 Å². The van der Waals surface area contributed by atoms with Crippen LogP contribution in [0.1, 0.15) is 80.6 Å². The lowest BCUT2D eigenvalue weighted by atomic mass is 9.65. The Labute approximate surface area is 193 Å². The van der Waals surface area contributed by atoms with E-state index in [1.807, 2.05) is 0 Å². The SMILES string of the molecule is C/C1=C\CC[C@@]2(C)C=C(O[Si](C)(C)C(C)(C)C)C3=C(I)[C@@](C)(CC1)[C@H](C)C[C@H]3O2. The van der Waals surface area contributed by atoms with Gasteiger partial charge in [0.05, 0.1) is 11.7 Å². The van der Waals surface area contributed by atoms with Gasteiger partial charge in [-0.25, -0.2) is 0 Å². The minimum Gasteiger partial charge on any atom is -0.543 e. The fourth-order valence-corrected chi connectivity index (χ4v) is 7.06. The minimum atomic E-state index is -1.94. The highest BCUT2D eigenvalue weighted by Gasteiger charge is 2.50. The molecule has 0 aromatic rings. The van der Waals surface area contributed by atoms with Crippen LogP contribution in [0.4, 0.5) is 0 Å². The van der Waals surface area contributed by atoms with Crippen molar-refractivity contribution < 1.29 is 9.16 Å². The smallest absolute Gasteiger partial charge is 0.250 e. The first kappa shape index (κ1) is 23.6. The monoisotopic (exact) mass is 528 g/mol. The third-order valence-electron chi connectivity index (χ3n) is 8.17. The first-order chi connectivity index (χ1) is 13.2. The molecule has 0 spiro atoms. The largest absolute Gasteiger partial charge is 0.543 e. The first-order valence-corrected chi connectivity index (χ1v) is 15.3. The van der Waals surface area contributed by atoms with Crippen molar-refractivity contribution in [3.05, 3.63) is 32.6 Å². The normalized spacial score (nSPS) is 38.1. The number of ether oxygens (including phenoxy) is 1. The van der Waals surface area contributed by atoms with E-state index in [0.717, 1.165) is 25.0 Å². The number of halogens is 1. The molecule has 164 valence electrons. The van der Waals surface area contributed by atoms with Crippen LogP contribution in [-0.4, -0.2) is 20.0 Å². The fourth-order valence-electron chi connectivity index (χ4n) is 4.62. The van der Waals surface area contributed by atoms with Crippen LogP contribution in [-0.2, 0) is 9.16 Å². The maximum Gasteiger partial charge on any atom is 0.250 e. The van der Waals surface area contributed by atoms with Crippen molar-refractivity contribution >= 4 is 30.9 Å². The summed E-state index contributed by atoms with van der Waals surface area (Å²) < 4.78 is 15.3. The molecule has 5 rings (SSSR count). The number of allylic oxidation sites excluding steroid dienone is 3. The topological polar surface area (TPSA) is 18.5 Å². The van der Waals surface area contributed by atoms with Crippen LogP contribution in [0.25, 0.3) is 0 Å². The third-order valence-corrected chi connectivity index (χ3v) is 14.3. The molecule has 3 aliphatic heterocycles. The van der Waals surface area contributed by atoms with Crippen molar-refractivity contribution in [2.45, 2.75) is 110 Å². The summed E-state index contributed by atoms with van der Waals surface area (Å²) in [5.41, 5.74) is 2.81. The molecule has 4 bridgehead atoms.